The van der Waals surface area contributed by atoms with Gasteiger partial charge in [0, 0.05) is 17.2 Å². The van der Waals surface area contributed by atoms with Crippen LogP contribution in [0.1, 0.15) is 26.2 Å². The summed E-state index contributed by atoms with van der Waals surface area (Å²) in [5.41, 5.74) is 0.370. The van der Waals surface area contributed by atoms with Crippen LogP contribution in [0.3, 0.4) is 0 Å². The van der Waals surface area contributed by atoms with E-state index in [2.05, 4.69) is 0 Å². The first-order chi connectivity index (χ1) is 10.4. The first-order valence-corrected chi connectivity index (χ1v) is 7.21. The third-order valence-corrected chi connectivity index (χ3v) is 4.71. The Hall–Kier alpha value is -2.21. The van der Waals surface area contributed by atoms with Gasteiger partial charge in [-0.2, -0.15) is 0 Å². The Morgan fingerprint density at radius 3 is 2.82 bits per heavy atom. The van der Waals surface area contributed by atoms with Gasteiger partial charge in [0.25, 0.3) is 0 Å². The monoisotopic (exact) mass is 302 g/mol. The zero-order valence-electron chi connectivity index (χ0n) is 11.9. The molecule has 1 N–H and O–H groups in total. The molecule has 0 saturated carbocycles. The summed E-state index contributed by atoms with van der Waals surface area (Å²) in [5, 5.41) is 10.2. The third kappa shape index (κ3) is 1.61. The lowest BCUT2D eigenvalue weighted by atomic mass is 9.83. The Morgan fingerprint density at radius 2 is 2.09 bits per heavy atom. The van der Waals surface area contributed by atoms with Gasteiger partial charge in [-0.3, -0.25) is 9.59 Å². The summed E-state index contributed by atoms with van der Waals surface area (Å²) in [5.74, 6) is -2.18. The number of epoxide rings is 1. The summed E-state index contributed by atoms with van der Waals surface area (Å²) in [6, 6.07) is 0. The highest BCUT2D eigenvalue weighted by Crippen LogP contribution is 2.53. The van der Waals surface area contributed by atoms with E-state index in [4.69, 9.17) is 9.47 Å². The Labute approximate surface area is 126 Å². The number of rotatable bonds is 0. The third-order valence-electron chi connectivity index (χ3n) is 4.71. The molecule has 0 spiro atoms. The molecule has 2 fully saturated rings. The minimum Gasteiger partial charge on any atom is -0.507 e. The maximum atomic E-state index is 12.2. The predicted molar refractivity (Wildman–Crippen MR) is 72.8 cm³/mol. The second-order valence-electron chi connectivity index (χ2n) is 6.13. The Kier molecular flexibility index (Phi) is 2.55. The smallest absolute Gasteiger partial charge is 0.342 e. The van der Waals surface area contributed by atoms with Gasteiger partial charge in [-0.15, -0.1) is 0 Å². The Balaban J connectivity index is 1.89. The van der Waals surface area contributed by atoms with Gasteiger partial charge in [0.1, 0.15) is 11.9 Å². The first-order valence-electron chi connectivity index (χ1n) is 7.21. The molecule has 0 unspecified atom stereocenters. The average molecular weight is 302 g/mol. The van der Waals surface area contributed by atoms with Crippen molar-refractivity contribution < 1.29 is 29.0 Å². The fourth-order valence-electron chi connectivity index (χ4n) is 3.52. The predicted octanol–water partition coefficient (Wildman–Crippen LogP) is 1.07. The van der Waals surface area contributed by atoms with Crippen LogP contribution in [0.15, 0.2) is 34.6 Å². The second-order valence-corrected chi connectivity index (χ2v) is 6.13. The van der Waals surface area contributed by atoms with E-state index in [1.165, 1.54) is 0 Å². The Bertz CT molecular complexity index is 725. The summed E-state index contributed by atoms with van der Waals surface area (Å²) in [6.45, 7) is 1.85. The molecule has 0 aromatic heterocycles. The zero-order chi connectivity index (χ0) is 15.6. The topological polar surface area (TPSA) is 93.2 Å². The number of ketones is 2. The number of fused-ring (bicyclic) bond motifs is 1. The molecule has 2 bridgehead atoms. The van der Waals surface area contributed by atoms with Crippen LogP contribution in [0.2, 0.25) is 0 Å². The molecule has 4 aliphatic rings. The van der Waals surface area contributed by atoms with Crippen LogP contribution in [0.25, 0.3) is 0 Å². The highest BCUT2D eigenvalue weighted by Gasteiger charge is 2.73. The van der Waals surface area contributed by atoms with E-state index in [1.807, 2.05) is 13.0 Å². The quantitative estimate of drug-likeness (QED) is 0.236. The van der Waals surface area contributed by atoms with Gasteiger partial charge in [-0.05, 0) is 26.2 Å². The molecule has 6 heteroatoms. The molecule has 6 nitrogen and oxygen atoms in total. The van der Waals surface area contributed by atoms with Crippen LogP contribution in [0, 0.1) is 0 Å². The van der Waals surface area contributed by atoms with Crippen LogP contribution >= 0.6 is 0 Å². The number of carbonyl (C=O) groups is 3. The average Bonchev–Trinajstić information content (AvgIpc) is 3.12. The molecule has 0 aromatic carbocycles. The van der Waals surface area contributed by atoms with Crippen molar-refractivity contribution in [3.05, 3.63) is 34.6 Å². The number of ether oxygens (including phenoxy) is 2. The lowest BCUT2D eigenvalue weighted by Crippen LogP contribution is -2.30. The van der Waals surface area contributed by atoms with E-state index in [9.17, 15) is 19.5 Å². The van der Waals surface area contributed by atoms with Gasteiger partial charge >= 0.3 is 5.97 Å². The molecule has 114 valence electrons. The lowest BCUT2D eigenvalue weighted by Gasteiger charge is -2.22. The number of esters is 1. The summed E-state index contributed by atoms with van der Waals surface area (Å²) in [7, 11) is 0. The molecule has 2 heterocycles. The molecule has 2 aliphatic heterocycles. The number of hydrogen-bond donors (Lipinski definition) is 1. The van der Waals surface area contributed by atoms with E-state index in [0.29, 0.717) is 12.8 Å². The number of carbonyl (C=O) groups excluding carboxylic acids is 3. The number of aliphatic hydroxyl groups is 1. The van der Waals surface area contributed by atoms with Gasteiger partial charge in [-0.1, -0.05) is 11.6 Å². The van der Waals surface area contributed by atoms with Gasteiger partial charge in [0.05, 0.1) is 0 Å². The van der Waals surface area contributed by atoms with Crippen molar-refractivity contribution >= 4 is 17.5 Å². The van der Waals surface area contributed by atoms with Crippen LogP contribution in [0.5, 0.6) is 0 Å². The standard InChI is InChI=1S/C16H14O6/c1-7-3-2-4-16-14(22-16)13(21-15(16)20)11-8(5-7)12(19)10(18)6-9(11)17/h3,6,13-14,17H,2,4-5H2,1H3/b7-3+/t13-,14-,16-/m1/s1. The molecule has 0 aromatic rings. The maximum Gasteiger partial charge on any atom is 0.342 e. The summed E-state index contributed by atoms with van der Waals surface area (Å²) in [6.07, 6.45) is 2.92. The number of Topliss-reactive ketones (excluding diaryl/α,β-unsaturated/α-hetero) is 1. The zero-order valence-corrected chi connectivity index (χ0v) is 11.9. The van der Waals surface area contributed by atoms with Gasteiger partial charge in [-0.25, -0.2) is 4.79 Å². The lowest BCUT2D eigenvalue weighted by molar-refractivity contribution is -0.152. The molecule has 0 amide bonds. The number of allylic oxidation sites excluding steroid dienone is 4. The minimum absolute atomic E-state index is 0.199. The largest absolute Gasteiger partial charge is 0.507 e. The highest BCUT2D eigenvalue weighted by molar-refractivity contribution is 6.48. The maximum absolute atomic E-state index is 12.2. The van der Waals surface area contributed by atoms with Crippen LogP contribution in [-0.2, 0) is 23.9 Å². The SMILES string of the molecule is C/C1=C\CC[C@@]23O[C@@H]2[C@H](OC3=O)C2=C(C1)C(=O)C(=O)C=C2O. The van der Waals surface area contributed by atoms with Crippen molar-refractivity contribution in [3.63, 3.8) is 0 Å². The molecular formula is C16H14O6. The number of aliphatic hydroxyl groups excluding tert-OH is 1. The van der Waals surface area contributed by atoms with Gasteiger partial charge < -0.3 is 14.6 Å². The fraction of sp³-hybridized carbons (Fsp3) is 0.438. The molecule has 22 heavy (non-hydrogen) atoms. The van der Waals surface area contributed by atoms with Crippen molar-refractivity contribution in [2.45, 2.75) is 44.0 Å². The van der Waals surface area contributed by atoms with E-state index >= 15 is 0 Å². The first kappa shape index (κ1) is 13.5. The van der Waals surface area contributed by atoms with E-state index < -0.39 is 35.3 Å². The van der Waals surface area contributed by atoms with Gasteiger partial charge in [0.2, 0.25) is 11.6 Å². The summed E-state index contributed by atoms with van der Waals surface area (Å²) < 4.78 is 10.9. The van der Waals surface area contributed by atoms with Crippen molar-refractivity contribution in [3.8, 4) is 0 Å². The molecule has 2 aliphatic carbocycles. The van der Waals surface area contributed by atoms with E-state index in [0.717, 1.165) is 11.6 Å². The summed E-state index contributed by atoms with van der Waals surface area (Å²) >= 11 is 0. The van der Waals surface area contributed by atoms with E-state index in [1.54, 1.807) is 0 Å². The molecule has 3 atom stereocenters. The molecule has 0 radical (unpaired) electrons. The van der Waals surface area contributed by atoms with Crippen molar-refractivity contribution in [1.29, 1.82) is 0 Å². The molecular weight excluding hydrogens is 288 g/mol. The van der Waals surface area contributed by atoms with Crippen molar-refractivity contribution in [2.75, 3.05) is 0 Å². The highest BCUT2D eigenvalue weighted by atomic mass is 16.7. The van der Waals surface area contributed by atoms with Crippen molar-refractivity contribution in [2.24, 2.45) is 0 Å². The van der Waals surface area contributed by atoms with Gasteiger partial charge in [0.15, 0.2) is 11.7 Å². The fourth-order valence-corrected chi connectivity index (χ4v) is 3.52. The van der Waals surface area contributed by atoms with Crippen LogP contribution in [0.4, 0.5) is 0 Å². The molecule has 4 rings (SSSR count). The Morgan fingerprint density at radius 1 is 1.32 bits per heavy atom. The van der Waals surface area contributed by atoms with Crippen LogP contribution in [-0.4, -0.2) is 40.5 Å². The second kappa shape index (κ2) is 4.16. The van der Waals surface area contributed by atoms with Crippen LogP contribution < -0.4 is 0 Å². The molecule has 2 saturated heterocycles. The van der Waals surface area contributed by atoms with E-state index in [-0.39, 0.29) is 23.3 Å². The number of hydrogen-bond acceptors (Lipinski definition) is 6. The minimum atomic E-state index is -0.957. The summed E-state index contributed by atoms with van der Waals surface area (Å²) in [4.78, 5) is 36.0. The van der Waals surface area contributed by atoms with Crippen molar-refractivity contribution in [1.82, 2.24) is 0 Å². The normalized spacial score (nSPS) is 39.4.